The van der Waals surface area contributed by atoms with E-state index in [2.05, 4.69) is 5.32 Å². The van der Waals surface area contributed by atoms with Gasteiger partial charge in [0.05, 0.1) is 0 Å². The van der Waals surface area contributed by atoms with E-state index >= 15 is 0 Å². The van der Waals surface area contributed by atoms with Crippen LogP contribution in [0.3, 0.4) is 0 Å². The molecular formula is C17H24N2O2. The molecule has 0 aliphatic carbocycles. The van der Waals surface area contributed by atoms with Crippen molar-refractivity contribution in [3.63, 3.8) is 0 Å². The van der Waals surface area contributed by atoms with Crippen LogP contribution in [0, 0.1) is 5.92 Å². The monoisotopic (exact) mass is 288 g/mol. The maximum absolute atomic E-state index is 12.5. The Morgan fingerprint density at radius 2 is 1.76 bits per heavy atom. The van der Waals surface area contributed by atoms with E-state index in [1.807, 2.05) is 36.9 Å². The zero-order valence-electron chi connectivity index (χ0n) is 12.9. The first-order valence-corrected chi connectivity index (χ1v) is 7.78. The summed E-state index contributed by atoms with van der Waals surface area (Å²) in [5.74, 6) is -0.0399. The summed E-state index contributed by atoms with van der Waals surface area (Å²) in [5.41, 5.74) is 1.34. The molecule has 4 nitrogen and oxygen atoms in total. The summed E-state index contributed by atoms with van der Waals surface area (Å²) in [6.45, 7) is 5.37. The molecule has 114 valence electrons. The average molecular weight is 288 g/mol. The van der Waals surface area contributed by atoms with Crippen LogP contribution in [0.15, 0.2) is 24.3 Å². The predicted octanol–water partition coefficient (Wildman–Crippen LogP) is 3.30. The zero-order chi connectivity index (χ0) is 15.2. The number of rotatable bonds is 3. The van der Waals surface area contributed by atoms with Crippen LogP contribution in [0.2, 0.25) is 0 Å². The number of carbonyl (C=O) groups is 2. The van der Waals surface area contributed by atoms with E-state index in [0.29, 0.717) is 11.3 Å². The smallest absolute Gasteiger partial charge is 0.253 e. The average Bonchev–Trinajstić information content (AvgIpc) is 2.75. The molecule has 0 unspecified atom stereocenters. The second-order valence-electron chi connectivity index (χ2n) is 5.93. The first-order valence-electron chi connectivity index (χ1n) is 7.78. The van der Waals surface area contributed by atoms with Crippen LogP contribution in [0.1, 0.15) is 49.9 Å². The van der Waals surface area contributed by atoms with Gasteiger partial charge in [0, 0.05) is 30.3 Å². The molecule has 1 aromatic rings. The molecule has 1 aromatic carbocycles. The molecule has 0 spiro atoms. The number of hydrogen-bond donors (Lipinski definition) is 1. The van der Waals surface area contributed by atoms with Crippen LogP contribution >= 0.6 is 0 Å². The molecule has 21 heavy (non-hydrogen) atoms. The SMILES string of the molecule is CC(C)C(=O)Nc1cccc(C(=O)N2CCCCCC2)c1. The van der Waals surface area contributed by atoms with Crippen LogP contribution in [0.4, 0.5) is 5.69 Å². The molecule has 1 aliphatic heterocycles. The first kappa shape index (κ1) is 15.5. The van der Waals surface area contributed by atoms with Crippen LogP contribution in [-0.4, -0.2) is 29.8 Å². The third-order valence-electron chi connectivity index (χ3n) is 3.79. The minimum atomic E-state index is -0.0741. The van der Waals surface area contributed by atoms with Crippen molar-refractivity contribution in [2.75, 3.05) is 18.4 Å². The molecular weight excluding hydrogens is 264 g/mol. The lowest BCUT2D eigenvalue weighted by Gasteiger charge is -2.20. The highest BCUT2D eigenvalue weighted by Crippen LogP contribution is 2.17. The molecule has 1 heterocycles. The van der Waals surface area contributed by atoms with Gasteiger partial charge in [0.25, 0.3) is 5.91 Å². The summed E-state index contributed by atoms with van der Waals surface area (Å²) in [4.78, 5) is 26.2. The molecule has 0 aromatic heterocycles. The third kappa shape index (κ3) is 4.31. The fraction of sp³-hybridized carbons (Fsp3) is 0.529. The van der Waals surface area contributed by atoms with Crippen molar-refractivity contribution in [3.8, 4) is 0 Å². The van der Waals surface area contributed by atoms with E-state index < -0.39 is 0 Å². The van der Waals surface area contributed by atoms with E-state index in [9.17, 15) is 9.59 Å². The molecule has 1 N–H and O–H groups in total. The van der Waals surface area contributed by atoms with Gasteiger partial charge in [-0.05, 0) is 31.0 Å². The van der Waals surface area contributed by atoms with Crippen molar-refractivity contribution < 1.29 is 9.59 Å². The van der Waals surface area contributed by atoms with Gasteiger partial charge >= 0.3 is 0 Å². The molecule has 1 saturated heterocycles. The standard InChI is InChI=1S/C17H24N2O2/c1-13(2)16(20)18-15-9-7-8-14(12-15)17(21)19-10-5-3-4-6-11-19/h7-9,12-13H,3-6,10-11H2,1-2H3,(H,18,20). The van der Waals surface area contributed by atoms with Gasteiger partial charge in [0.15, 0.2) is 0 Å². The van der Waals surface area contributed by atoms with Gasteiger partial charge in [-0.3, -0.25) is 9.59 Å². The highest BCUT2D eigenvalue weighted by atomic mass is 16.2. The lowest BCUT2D eigenvalue weighted by Crippen LogP contribution is -2.31. The van der Waals surface area contributed by atoms with Crippen LogP contribution in [0.25, 0.3) is 0 Å². The Hall–Kier alpha value is -1.84. The molecule has 0 saturated carbocycles. The predicted molar refractivity (Wildman–Crippen MR) is 84.3 cm³/mol. The lowest BCUT2D eigenvalue weighted by molar-refractivity contribution is -0.118. The number of anilines is 1. The quantitative estimate of drug-likeness (QED) is 0.927. The Balaban J connectivity index is 2.08. The van der Waals surface area contributed by atoms with Gasteiger partial charge in [-0.1, -0.05) is 32.8 Å². The number of benzene rings is 1. The van der Waals surface area contributed by atoms with Crippen LogP contribution in [0.5, 0.6) is 0 Å². The number of hydrogen-bond acceptors (Lipinski definition) is 2. The topological polar surface area (TPSA) is 49.4 Å². The summed E-state index contributed by atoms with van der Waals surface area (Å²) in [6, 6.07) is 7.23. The number of carbonyl (C=O) groups excluding carboxylic acids is 2. The molecule has 2 rings (SSSR count). The van der Waals surface area contributed by atoms with E-state index in [-0.39, 0.29) is 17.7 Å². The van der Waals surface area contributed by atoms with E-state index in [1.54, 1.807) is 6.07 Å². The highest BCUT2D eigenvalue weighted by Gasteiger charge is 2.17. The highest BCUT2D eigenvalue weighted by molar-refractivity contribution is 5.97. The van der Waals surface area contributed by atoms with Gasteiger partial charge in [0.2, 0.25) is 5.91 Å². The van der Waals surface area contributed by atoms with Gasteiger partial charge in [-0.2, -0.15) is 0 Å². The number of amides is 2. The molecule has 4 heteroatoms. The van der Waals surface area contributed by atoms with Crippen molar-refractivity contribution in [1.82, 2.24) is 4.90 Å². The van der Waals surface area contributed by atoms with E-state index in [1.165, 1.54) is 12.8 Å². The van der Waals surface area contributed by atoms with E-state index in [0.717, 1.165) is 25.9 Å². The maximum atomic E-state index is 12.5. The van der Waals surface area contributed by atoms with Crippen LogP contribution in [-0.2, 0) is 4.79 Å². The Morgan fingerprint density at radius 3 is 2.38 bits per heavy atom. The summed E-state index contributed by atoms with van der Waals surface area (Å²) < 4.78 is 0. The van der Waals surface area contributed by atoms with Gasteiger partial charge < -0.3 is 10.2 Å². The number of nitrogens with zero attached hydrogens (tertiary/aromatic N) is 1. The maximum Gasteiger partial charge on any atom is 0.253 e. The second-order valence-corrected chi connectivity index (χ2v) is 5.93. The first-order chi connectivity index (χ1) is 10.1. The Bertz CT molecular complexity index is 503. The molecule has 2 amide bonds. The van der Waals surface area contributed by atoms with Gasteiger partial charge in [-0.15, -0.1) is 0 Å². The Kier molecular flexibility index (Phi) is 5.37. The second kappa shape index (κ2) is 7.25. The normalized spacial score (nSPS) is 15.7. The summed E-state index contributed by atoms with van der Waals surface area (Å²) in [6.07, 6.45) is 4.56. The molecule has 0 atom stereocenters. The minimum absolute atomic E-state index is 0.0330. The fourth-order valence-electron chi connectivity index (χ4n) is 2.47. The molecule has 1 aliphatic rings. The van der Waals surface area contributed by atoms with Gasteiger partial charge in [0.1, 0.15) is 0 Å². The minimum Gasteiger partial charge on any atom is -0.339 e. The summed E-state index contributed by atoms with van der Waals surface area (Å²) in [5, 5.41) is 2.84. The molecule has 1 fully saturated rings. The van der Waals surface area contributed by atoms with Gasteiger partial charge in [-0.25, -0.2) is 0 Å². The van der Waals surface area contributed by atoms with Crippen molar-refractivity contribution in [2.45, 2.75) is 39.5 Å². The largest absolute Gasteiger partial charge is 0.339 e. The lowest BCUT2D eigenvalue weighted by atomic mass is 10.1. The molecule has 0 radical (unpaired) electrons. The summed E-state index contributed by atoms with van der Waals surface area (Å²) in [7, 11) is 0. The van der Waals surface area contributed by atoms with Crippen molar-refractivity contribution in [1.29, 1.82) is 0 Å². The van der Waals surface area contributed by atoms with Crippen molar-refractivity contribution >= 4 is 17.5 Å². The van der Waals surface area contributed by atoms with Crippen LogP contribution < -0.4 is 5.32 Å². The number of nitrogens with one attached hydrogen (secondary N) is 1. The zero-order valence-corrected chi connectivity index (χ0v) is 12.9. The number of likely N-dealkylation sites (tertiary alicyclic amines) is 1. The Labute approximate surface area is 126 Å². The van der Waals surface area contributed by atoms with Crippen molar-refractivity contribution in [3.05, 3.63) is 29.8 Å². The molecule has 0 bridgehead atoms. The summed E-state index contributed by atoms with van der Waals surface area (Å²) >= 11 is 0. The fourth-order valence-corrected chi connectivity index (χ4v) is 2.47. The third-order valence-corrected chi connectivity index (χ3v) is 3.79. The van der Waals surface area contributed by atoms with E-state index in [4.69, 9.17) is 0 Å². The Morgan fingerprint density at radius 1 is 1.10 bits per heavy atom. The van der Waals surface area contributed by atoms with Crippen molar-refractivity contribution in [2.24, 2.45) is 5.92 Å².